The Hall–Kier alpha value is -2.76. The summed E-state index contributed by atoms with van der Waals surface area (Å²) in [7, 11) is 0. The number of thiophene rings is 1. The van der Waals surface area contributed by atoms with Crippen molar-refractivity contribution in [2.24, 2.45) is 11.3 Å². The summed E-state index contributed by atoms with van der Waals surface area (Å²) < 4.78 is 16.8. The summed E-state index contributed by atoms with van der Waals surface area (Å²) in [5.41, 5.74) is 5.23. The molecule has 32 heavy (non-hydrogen) atoms. The Morgan fingerprint density at radius 1 is 1.19 bits per heavy atom. The number of benzene rings is 2. The smallest absolute Gasteiger partial charge is 0.123 e. The fourth-order valence-electron chi connectivity index (χ4n) is 5.78. The Labute approximate surface area is 190 Å². The predicted octanol–water partition coefficient (Wildman–Crippen LogP) is 6.84. The predicted molar refractivity (Wildman–Crippen MR) is 128 cm³/mol. The number of fused-ring (bicyclic) bond motifs is 3. The average Bonchev–Trinajstić information content (AvgIpc) is 3.41. The first-order valence-electron chi connectivity index (χ1n) is 11.2. The van der Waals surface area contributed by atoms with E-state index in [0.29, 0.717) is 0 Å². The Morgan fingerprint density at radius 2 is 2.00 bits per heavy atom. The van der Waals surface area contributed by atoms with Crippen molar-refractivity contribution < 1.29 is 9.50 Å². The highest BCUT2D eigenvalue weighted by Gasteiger charge is 2.46. The lowest BCUT2D eigenvalue weighted by atomic mass is 9.60. The largest absolute Gasteiger partial charge is 0.388 e. The van der Waals surface area contributed by atoms with Crippen LogP contribution in [-0.2, 0) is 6.54 Å². The molecule has 0 radical (unpaired) electrons. The molecule has 1 aliphatic heterocycles. The molecule has 3 heterocycles. The molecule has 2 unspecified atom stereocenters. The van der Waals surface area contributed by atoms with Crippen LogP contribution in [0.4, 0.5) is 4.39 Å². The summed E-state index contributed by atoms with van der Waals surface area (Å²) in [5, 5.41) is 14.9. The molecule has 0 spiro atoms. The van der Waals surface area contributed by atoms with Gasteiger partial charge in [-0.05, 0) is 77.9 Å². The van der Waals surface area contributed by atoms with Crippen molar-refractivity contribution in [3.05, 3.63) is 82.9 Å². The minimum absolute atomic E-state index is 0.130. The van der Waals surface area contributed by atoms with E-state index in [4.69, 9.17) is 0 Å². The highest BCUT2D eigenvalue weighted by atomic mass is 32.1. The van der Waals surface area contributed by atoms with Crippen molar-refractivity contribution in [2.75, 3.05) is 0 Å². The number of hydrogen-bond acceptors (Lipinski definition) is 3. The second kappa shape index (κ2) is 7.39. The highest BCUT2D eigenvalue weighted by molar-refractivity contribution is 7.17. The van der Waals surface area contributed by atoms with Crippen LogP contribution < -0.4 is 0 Å². The molecule has 1 saturated carbocycles. The molecule has 1 aliphatic carbocycles. The summed E-state index contributed by atoms with van der Waals surface area (Å²) >= 11 is 1.71. The van der Waals surface area contributed by atoms with Crippen LogP contribution in [0.15, 0.2) is 65.8 Å². The van der Waals surface area contributed by atoms with E-state index in [9.17, 15) is 9.50 Å². The van der Waals surface area contributed by atoms with E-state index in [1.165, 1.54) is 27.8 Å². The van der Waals surface area contributed by atoms with Gasteiger partial charge in [-0.1, -0.05) is 30.7 Å². The monoisotopic (exact) mass is 444 g/mol. The van der Waals surface area contributed by atoms with Crippen LogP contribution in [0.1, 0.15) is 43.5 Å². The molecule has 3 nitrogen and oxygen atoms in total. The van der Waals surface area contributed by atoms with E-state index in [0.717, 1.165) is 48.3 Å². The lowest BCUT2D eigenvalue weighted by molar-refractivity contribution is 0.0134. The van der Waals surface area contributed by atoms with Gasteiger partial charge in [-0.3, -0.25) is 0 Å². The van der Waals surface area contributed by atoms with Gasteiger partial charge in [-0.2, -0.15) is 0 Å². The van der Waals surface area contributed by atoms with E-state index in [1.54, 1.807) is 23.5 Å². The van der Waals surface area contributed by atoms with Crippen LogP contribution in [0.25, 0.3) is 27.4 Å². The summed E-state index contributed by atoms with van der Waals surface area (Å²) in [6.45, 7) is 3.10. The Bertz CT molecular complexity index is 1340. The minimum Gasteiger partial charge on any atom is -0.388 e. The Kier molecular flexibility index (Phi) is 4.60. The average molecular weight is 445 g/mol. The zero-order valence-electron chi connectivity index (χ0n) is 18.0. The fourth-order valence-corrected chi connectivity index (χ4v) is 6.77. The quantitative estimate of drug-likeness (QED) is 0.376. The molecular weight excluding hydrogens is 419 g/mol. The SMILES string of the molecule is CC12Cn3cnc(-c4ccc(F)cc4)c3C=C1CCCC2[C@H](O)c1csc2ccccc12. The molecule has 5 heteroatoms. The van der Waals surface area contributed by atoms with Crippen molar-refractivity contribution in [1.29, 1.82) is 0 Å². The van der Waals surface area contributed by atoms with Gasteiger partial charge in [0.25, 0.3) is 0 Å². The van der Waals surface area contributed by atoms with E-state index in [2.05, 4.69) is 52.2 Å². The van der Waals surface area contributed by atoms with Gasteiger partial charge in [-0.25, -0.2) is 9.37 Å². The third-order valence-corrected chi connectivity index (χ3v) is 8.51. The van der Waals surface area contributed by atoms with E-state index in [1.807, 2.05) is 6.33 Å². The van der Waals surface area contributed by atoms with Crippen molar-refractivity contribution in [2.45, 2.75) is 38.8 Å². The molecule has 1 N–H and O–H groups in total. The highest BCUT2D eigenvalue weighted by Crippen LogP contribution is 2.54. The van der Waals surface area contributed by atoms with E-state index in [-0.39, 0.29) is 17.2 Å². The van der Waals surface area contributed by atoms with Gasteiger partial charge in [0, 0.05) is 22.2 Å². The van der Waals surface area contributed by atoms with Crippen molar-refractivity contribution in [1.82, 2.24) is 9.55 Å². The number of imidazole rings is 1. The van der Waals surface area contributed by atoms with Crippen LogP contribution in [0.3, 0.4) is 0 Å². The van der Waals surface area contributed by atoms with Crippen molar-refractivity contribution in [3.63, 3.8) is 0 Å². The molecule has 162 valence electrons. The van der Waals surface area contributed by atoms with Crippen LogP contribution in [0.5, 0.6) is 0 Å². The van der Waals surface area contributed by atoms with E-state index >= 15 is 0 Å². The fraction of sp³-hybridized carbons (Fsp3) is 0.296. The van der Waals surface area contributed by atoms with E-state index < -0.39 is 6.10 Å². The molecule has 0 bridgehead atoms. The van der Waals surface area contributed by atoms with Crippen LogP contribution in [0, 0.1) is 17.2 Å². The van der Waals surface area contributed by atoms with Crippen LogP contribution >= 0.6 is 11.3 Å². The molecule has 3 atom stereocenters. The third-order valence-electron chi connectivity index (χ3n) is 7.53. The summed E-state index contributed by atoms with van der Waals surface area (Å²) in [4.78, 5) is 4.68. The van der Waals surface area contributed by atoms with Gasteiger partial charge in [0.1, 0.15) is 5.82 Å². The first-order chi connectivity index (χ1) is 15.5. The maximum atomic E-state index is 13.4. The number of aromatic nitrogens is 2. The topological polar surface area (TPSA) is 38.0 Å². The zero-order valence-corrected chi connectivity index (χ0v) is 18.8. The summed E-state index contributed by atoms with van der Waals surface area (Å²) in [5.74, 6) is -0.0943. The molecule has 6 rings (SSSR count). The molecule has 0 saturated heterocycles. The normalized spacial score (nSPS) is 23.5. The lowest BCUT2D eigenvalue weighted by Gasteiger charge is -2.48. The van der Waals surface area contributed by atoms with Gasteiger partial charge in [-0.15, -0.1) is 11.3 Å². The van der Waals surface area contributed by atoms with Gasteiger partial charge in [0.05, 0.1) is 23.8 Å². The van der Waals surface area contributed by atoms with Crippen LogP contribution in [-0.4, -0.2) is 14.7 Å². The second-order valence-corrected chi connectivity index (χ2v) is 10.2. The lowest BCUT2D eigenvalue weighted by Crippen LogP contribution is -2.42. The summed E-state index contributed by atoms with van der Waals surface area (Å²) in [6.07, 6.45) is 6.79. The zero-order chi connectivity index (χ0) is 21.9. The standard InChI is InChI=1S/C27H25FN2OS/c1-27-15-30-16-29-25(17-9-11-19(28)12-10-17)23(30)13-18(27)5-4-7-22(27)26(31)21-14-32-24-8-3-2-6-20(21)24/h2-3,6,8-14,16,22,26,31H,4-5,7,15H2,1H3/t22?,26-,27?/m1/s1. The number of aliphatic hydroxyl groups excluding tert-OH is 1. The Morgan fingerprint density at radius 3 is 2.84 bits per heavy atom. The van der Waals surface area contributed by atoms with Crippen molar-refractivity contribution >= 4 is 27.5 Å². The molecule has 4 aromatic rings. The first-order valence-corrected chi connectivity index (χ1v) is 12.1. The number of aliphatic hydroxyl groups is 1. The molecule has 2 aliphatic rings. The molecule has 0 amide bonds. The van der Waals surface area contributed by atoms with Gasteiger partial charge in [0.15, 0.2) is 0 Å². The number of allylic oxidation sites excluding steroid dienone is 1. The Balaban J connectivity index is 1.39. The maximum Gasteiger partial charge on any atom is 0.123 e. The van der Waals surface area contributed by atoms with Gasteiger partial charge >= 0.3 is 0 Å². The molecule has 2 aromatic heterocycles. The first kappa shape index (κ1) is 19.9. The number of rotatable bonds is 3. The third kappa shape index (κ3) is 2.99. The molecular formula is C27H25FN2OS. The van der Waals surface area contributed by atoms with Crippen LogP contribution in [0.2, 0.25) is 0 Å². The van der Waals surface area contributed by atoms with Gasteiger partial charge in [0.2, 0.25) is 0 Å². The number of nitrogens with zero attached hydrogens (tertiary/aromatic N) is 2. The molecule has 1 fully saturated rings. The molecule has 2 aromatic carbocycles. The van der Waals surface area contributed by atoms with Gasteiger partial charge < -0.3 is 9.67 Å². The van der Waals surface area contributed by atoms with Crippen molar-refractivity contribution in [3.8, 4) is 11.3 Å². The second-order valence-electron chi connectivity index (χ2n) is 9.33. The minimum atomic E-state index is -0.499. The maximum absolute atomic E-state index is 13.4. The number of hydrogen-bond donors (Lipinski definition) is 1. The number of halogens is 1. The summed E-state index contributed by atoms with van der Waals surface area (Å²) in [6, 6.07) is 14.9.